The normalized spacial score (nSPS) is 14.6. The Bertz CT molecular complexity index is 458. The summed E-state index contributed by atoms with van der Waals surface area (Å²) in [6.45, 7) is 2.22. The van der Waals surface area contributed by atoms with Crippen molar-refractivity contribution in [1.29, 1.82) is 0 Å². The Hall–Kier alpha value is -0.920. The summed E-state index contributed by atoms with van der Waals surface area (Å²) in [6, 6.07) is 0. The Morgan fingerprint density at radius 1 is 1.58 bits per heavy atom. The minimum Gasteiger partial charge on any atom is -0.396 e. The van der Waals surface area contributed by atoms with Crippen molar-refractivity contribution in [1.82, 2.24) is 0 Å². The standard InChI is InChI=1S/C12H19N3O2S2/c1-18-10-8(13)9(11(14)16)19-12(10)15-4-5-17-6-7-2-3-7/h7,15H,2-6,13H2,1H3,(H2,14,16). The van der Waals surface area contributed by atoms with E-state index in [1.165, 1.54) is 35.9 Å². The number of rotatable bonds is 8. The van der Waals surface area contributed by atoms with Crippen LogP contribution < -0.4 is 16.8 Å². The van der Waals surface area contributed by atoms with Gasteiger partial charge in [0.25, 0.3) is 5.91 Å². The van der Waals surface area contributed by atoms with Gasteiger partial charge in [0.2, 0.25) is 0 Å². The summed E-state index contributed by atoms with van der Waals surface area (Å²) in [5.74, 6) is 0.302. The highest BCUT2D eigenvalue weighted by Crippen LogP contribution is 2.41. The van der Waals surface area contributed by atoms with Crippen LogP contribution in [0.25, 0.3) is 0 Å². The number of carbonyl (C=O) groups excluding carboxylic acids is 1. The number of thiophene rings is 1. The first-order valence-corrected chi connectivity index (χ1v) is 8.25. The Kier molecular flexibility index (Phi) is 4.95. The molecule has 1 aromatic heterocycles. The van der Waals surface area contributed by atoms with Crippen molar-refractivity contribution in [2.75, 3.05) is 37.1 Å². The molecular weight excluding hydrogens is 282 g/mol. The first-order chi connectivity index (χ1) is 9.13. The maximum Gasteiger partial charge on any atom is 0.261 e. The number of hydrogen-bond acceptors (Lipinski definition) is 6. The maximum atomic E-state index is 11.3. The fourth-order valence-corrected chi connectivity index (χ4v) is 3.61. The molecule has 0 spiro atoms. The Morgan fingerprint density at radius 3 is 2.89 bits per heavy atom. The van der Waals surface area contributed by atoms with E-state index < -0.39 is 5.91 Å². The van der Waals surface area contributed by atoms with Crippen LogP contribution >= 0.6 is 23.1 Å². The van der Waals surface area contributed by atoms with Crippen LogP contribution in [0.3, 0.4) is 0 Å². The molecule has 1 amide bonds. The average Bonchev–Trinajstić information content (AvgIpc) is 3.13. The highest BCUT2D eigenvalue weighted by molar-refractivity contribution is 7.99. The lowest BCUT2D eigenvalue weighted by Gasteiger charge is -2.06. The van der Waals surface area contributed by atoms with Gasteiger partial charge >= 0.3 is 0 Å². The van der Waals surface area contributed by atoms with Crippen molar-refractivity contribution in [2.24, 2.45) is 11.7 Å². The van der Waals surface area contributed by atoms with Crippen molar-refractivity contribution in [2.45, 2.75) is 17.7 Å². The van der Waals surface area contributed by atoms with Crippen LogP contribution in [0.1, 0.15) is 22.5 Å². The third kappa shape index (κ3) is 3.77. The van der Waals surface area contributed by atoms with Crippen LogP contribution in [0.2, 0.25) is 0 Å². The highest BCUT2D eigenvalue weighted by Gasteiger charge is 2.21. The van der Waals surface area contributed by atoms with Crippen LogP contribution in [0.15, 0.2) is 4.90 Å². The zero-order valence-electron chi connectivity index (χ0n) is 10.9. The van der Waals surface area contributed by atoms with Crippen LogP contribution in [0.4, 0.5) is 10.7 Å². The van der Waals surface area contributed by atoms with E-state index in [-0.39, 0.29) is 0 Å². The molecule has 0 bridgehead atoms. The monoisotopic (exact) mass is 301 g/mol. The van der Waals surface area contributed by atoms with Gasteiger partial charge in [-0.3, -0.25) is 4.79 Å². The smallest absolute Gasteiger partial charge is 0.261 e. The minimum atomic E-state index is -0.476. The first kappa shape index (κ1) is 14.5. The zero-order chi connectivity index (χ0) is 13.8. The number of nitrogens with two attached hydrogens (primary N) is 2. The lowest BCUT2D eigenvalue weighted by Crippen LogP contribution is -2.10. The second-order valence-corrected chi connectivity index (χ2v) is 6.35. The molecule has 2 rings (SSSR count). The van der Waals surface area contributed by atoms with Crippen molar-refractivity contribution >= 4 is 39.7 Å². The molecule has 0 saturated heterocycles. The predicted molar refractivity (Wildman–Crippen MR) is 81.1 cm³/mol. The molecule has 0 aliphatic heterocycles. The quantitative estimate of drug-likeness (QED) is 0.504. The lowest BCUT2D eigenvalue weighted by molar-refractivity contribution is 0.100. The van der Waals surface area contributed by atoms with E-state index in [1.54, 1.807) is 0 Å². The van der Waals surface area contributed by atoms with Crippen molar-refractivity contribution in [3.63, 3.8) is 0 Å². The predicted octanol–water partition coefficient (Wildman–Crippen LogP) is 1.99. The van der Waals surface area contributed by atoms with Crippen molar-refractivity contribution in [3.8, 4) is 0 Å². The number of nitrogens with one attached hydrogen (secondary N) is 1. The number of thioether (sulfide) groups is 1. The highest BCUT2D eigenvalue weighted by atomic mass is 32.2. The SMILES string of the molecule is CSc1c(NCCOCC2CC2)sc(C(N)=O)c1N. The van der Waals surface area contributed by atoms with E-state index in [0.29, 0.717) is 23.7 Å². The molecule has 7 heteroatoms. The van der Waals surface area contributed by atoms with Gasteiger partial charge in [-0.05, 0) is 25.0 Å². The molecule has 0 aromatic carbocycles. The summed E-state index contributed by atoms with van der Waals surface area (Å²) in [6.07, 6.45) is 4.53. The molecule has 1 aliphatic carbocycles. The molecule has 1 aliphatic rings. The van der Waals surface area contributed by atoms with Gasteiger partial charge in [0.1, 0.15) is 9.88 Å². The molecule has 0 atom stereocenters. The van der Waals surface area contributed by atoms with Gasteiger partial charge in [0.05, 0.1) is 17.2 Å². The Morgan fingerprint density at radius 2 is 2.32 bits per heavy atom. The minimum absolute atomic E-state index is 0.422. The second-order valence-electron chi connectivity index (χ2n) is 4.52. The zero-order valence-corrected chi connectivity index (χ0v) is 12.5. The number of hydrogen-bond donors (Lipinski definition) is 3. The van der Waals surface area contributed by atoms with E-state index in [2.05, 4.69) is 5.32 Å². The number of carbonyl (C=O) groups is 1. The summed E-state index contributed by atoms with van der Waals surface area (Å²) in [7, 11) is 0. The van der Waals surface area contributed by atoms with E-state index in [1.807, 2.05) is 6.26 Å². The number of primary amides is 1. The molecule has 5 N–H and O–H groups in total. The fraction of sp³-hybridized carbons (Fsp3) is 0.583. The van der Waals surface area contributed by atoms with Gasteiger partial charge in [0.15, 0.2) is 0 Å². The van der Waals surface area contributed by atoms with Crippen molar-refractivity contribution in [3.05, 3.63) is 4.88 Å². The first-order valence-electron chi connectivity index (χ1n) is 6.21. The molecule has 1 saturated carbocycles. The van der Waals surface area contributed by atoms with Crippen LogP contribution in [-0.2, 0) is 4.74 Å². The number of ether oxygens (including phenoxy) is 1. The largest absolute Gasteiger partial charge is 0.396 e. The summed E-state index contributed by atoms with van der Waals surface area (Å²) in [5.41, 5.74) is 11.7. The van der Waals surface area contributed by atoms with E-state index in [9.17, 15) is 4.79 Å². The summed E-state index contributed by atoms with van der Waals surface area (Å²) in [5, 5.41) is 4.16. The van der Waals surface area contributed by atoms with Gasteiger partial charge in [-0.25, -0.2) is 0 Å². The molecular formula is C12H19N3O2S2. The molecule has 0 radical (unpaired) electrons. The molecule has 1 aromatic rings. The number of amides is 1. The summed E-state index contributed by atoms with van der Waals surface area (Å²) in [4.78, 5) is 12.6. The topological polar surface area (TPSA) is 90.4 Å². The lowest BCUT2D eigenvalue weighted by atomic mass is 10.4. The molecule has 5 nitrogen and oxygen atoms in total. The second kappa shape index (κ2) is 6.49. The van der Waals surface area contributed by atoms with Gasteiger partial charge < -0.3 is 21.5 Å². The summed E-state index contributed by atoms with van der Waals surface area (Å²) < 4.78 is 5.55. The van der Waals surface area contributed by atoms with E-state index >= 15 is 0 Å². The Labute approximate surface area is 121 Å². The van der Waals surface area contributed by atoms with E-state index in [0.717, 1.165) is 22.4 Å². The van der Waals surface area contributed by atoms with Crippen LogP contribution in [0, 0.1) is 5.92 Å². The molecule has 19 heavy (non-hydrogen) atoms. The third-order valence-electron chi connectivity index (χ3n) is 2.91. The third-order valence-corrected chi connectivity index (χ3v) is 5.05. The van der Waals surface area contributed by atoms with E-state index in [4.69, 9.17) is 16.2 Å². The van der Waals surface area contributed by atoms with Crippen LogP contribution in [-0.4, -0.2) is 31.9 Å². The van der Waals surface area contributed by atoms with Gasteiger partial charge in [0, 0.05) is 13.2 Å². The number of nitrogen functional groups attached to an aromatic ring is 1. The average molecular weight is 301 g/mol. The summed E-state index contributed by atoms with van der Waals surface area (Å²) >= 11 is 2.82. The van der Waals surface area contributed by atoms with Gasteiger partial charge in [-0.1, -0.05) is 0 Å². The Balaban J connectivity index is 1.87. The van der Waals surface area contributed by atoms with Crippen LogP contribution in [0.5, 0.6) is 0 Å². The molecule has 1 fully saturated rings. The molecule has 0 unspecified atom stereocenters. The maximum absolute atomic E-state index is 11.3. The van der Waals surface area contributed by atoms with Gasteiger partial charge in [-0.15, -0.1) is 23.1 Å². The van der Waals surface area contributed by atoms with Gasteiger partial charge in [-0.2, -0.15) is 0 Å². The fourth-order valence-electron chi connectivity index (χ4n) is 1.70. The van der Waals surface area contributed by atoms with Crippen molar-refractivity contribution < 1.29 is 9.53 Å². The number of anilines is 2. The molecule has 1 heterocycles. The molecule has 106 valence electrons.